The maximum atomic E-state index is 12.6. The molecule has 6 nitrogen and oxygen atoms in total. The number of para-hydroxylation sites is 2. The van der Waals surface area contributed by atoms with Gasteiger partial charge in [0, 0.05) is 31.7 Å². The first kappa shape index (κ1) is 17.7. The van der Waals surface area contributed by atoms with Crippen LogP contribution in [0.25, 0.3) is 11.0 Å². The number of likely N-dealkylation sites (N-methyl/N-ethyl adjacent to an activating group) is 1. The average Bonchev–Trinajstić information content (AvgIpc) is 3.13. The highest BCUT2D eigenvalue weighted by molar-refractivity contribution is 5.78. The first-order valence-electron chi connectivity index (χ1n) is 9.50. The first-order chi connectivity index (χ1) is 13.2. The van der Waals surface area contributed by atoms with Crippen molar-refractivity contribution in [3.8, 4) is 0 Å². The molecule has 2 aromatic heterocycles. The van der Waals surface area contributed by atoms with Crippen molar-refractivity contribution < 1.29 is 4.79 Å². The van der Waals surface area contributed by atoms with Gasteiger partial charge in [0.05, 0.1) is 23.3 Å². The third-order valence-electron chi connectivity index (χ3n) is 5.21. The van der Waals surface area contributed by atoms with Crippen LogP contribution in [0.3, 0.4) is 0 Å². The van der Waals surface area contributed by atoms with Crippen LogP contribution in [-0.2, 0) is 11.3 Å². The number of nitrogens with one attached hydrogen (secondary N) is 1. The quantitative estimate of drug-likeness (QED) is 0.757. The van der Waals surface area contributed by atoms with Crippen molar-refractivity contribution in [3.63, 3.8) is 0 Å². The molecule has 0 bridgehead atoms. The summed E-state index contributed by atoms with van der Waals surface area (Å²) in [7, 11) is 1.97. The van der Waals surface area contributed by atoms with Gasteiger partial charge in [-0.25, -0.2) is 4.98 Å². The van der Waals surface area contributed by atoms with Crippen molar-refractivity contribution in [2.75, 3.05) is 26.7 Å². The Kier molecular flexibility index (Phi) is 5.16. The fourth-order valence-electron chi connectivity index (χ4n) is 3.72. The standard InChI is InChI=1S/C21H25N5O/c1-25(14-17-6-4-5-11-22-17)15-20(27)26-12-9-16(10-13-26)21-23-18-7-2-3-8-19(18)24-21/h2-8,11,16H,9-10,12-15H2,1H3,(H,23,24). The fourth-order valence-corrected chi connectivity index (χ4v) is 3.72. The summed E-state index contributed by atoms with van der Waals surface area (Å²) in [6, 6.07) is 14.0. The van der Waals surface area contributed by atoms with Gasteiger partial charge < -0.3 is 9.88 Å². The smallest absolute Gasteiger partial charge is 0.236 e. The molecule has 3 aromatic rings. The summed E-state index contributed by atoms with van der Waals surface area (Å²) in [5.41, 5.74) is 3.08. The van der Waals surface area contributed by atoms with Crippen molar-refractivity contribution >= 4 is 16.9 Å². The summed E-state index contributed by atoms with van der Waals surface area (Å²) in [4.78, 5) is 29.1. The summed E-state index contributed by atoms with van der Waals surface area (Å²) in [6.45, 7) is 2.68. The van der Waals surface area contributed by atoms with E-state index in [4.69, 9.17) is 4.98 Å². The second kappa shape index (κ2) is 7.88. The third kappa shape index (κ3) is 4.17. The van der Waals surface area contributed by atoms with E-state index >= 15 is 0 Å². The Morgan fingerprint density at radius 2 is 1.96 bits per heavy atom. The molecule has 0 radical (unpaired) electrons. The molecule has 3 heterocycles. The molecule has 140 valence electrons. The van der Waals surface area contributed by atoms with Crippen molar-refractivity contribution in [1.29, 1.82) is 0 Å². The van der Waals surface area contributed by atoms with E-state index in [1.165, 1.54) is 0 Å². The van der Waals surface area contributed by atoms with Gasteiger partial charge in [0.1, 0.15) is 5.82 Å². The number of amides is 1. The Balaban J connectivity index is 1.30. The number of nitrogens with zero attached hydrogens (tertiary/aromatic N) is 4. The molecule has 0 aliphatic carbocycles. The number of piperidine rings is 1. The molecule has 1 N–H and O–H groups in total. The van der Waals surface area contributed by atoms with Crippen molar-refractivity contribution in [1.82, 2.24) is 24.8 Å². The molecule has 1 aromatic carbocycles. The molecule has 1 aliphatic rings. The molecular formula is C21H25N5O. The number of pyridine rings is 1. The van der Waals surface area contributed by atoms with Gasteiger partial charge in [0.25, 0.3) is 0 Å². The van der Waals surface area contributed by atoms with Crippen LogP contribution in [0, 0.1) is 0 Å². The number of carbonyl (C=O) groups is 1. The highest BCUT2D eigenvalue weighted by atomic mass is 16.2. The van der Waals surface area contributed by atoms with Crippen molar-refractivity contribution in [2.45, 2.75) is 25.3 Å². The molecule has 4 rings (SSSR count). The van der Waals surface area contributed by atoms with E-state index in [0.29, 0.717) is 19.0 Å². The lowest BCUT2D eigenvalue weighted by Crippen LogP contribution is -2.43. The topological polar surface area (TPSA) is 65.1 Å². The molecule has 27 heavy (non-hydrogen) atoms. The van der Waals surface area contributed by atoms with Crippen LogP contribution in [0.5, 0.6) is 0 Å². The number of carbonyl (C=O) groups excluding carboxylic acids is 1. The number of H-pyrrole nitrogens is 1. The van der Waals surface area contributed by atoms with E-state index in [1.807, 2.05) is 53.2 Å². The van der Waals surface area contributed by atoms with E-state index in [0.717, 1.165) is 48.5 Å². The summed E-state index contributed by atoms with van der Waals surface area (Å²) < 4.78 is 0. The molecule has 6 heteroatoms. The number of benzene rings is 1. The molecule has 1 fully saturated rings. The molecule has 0 spiro atoms. The van der Waals surface area contributed by atoms with Crippen LogP contribution in [0.2, 0.25) is 0 Å². The van der Waals surface area contributed by atoms with Gasteiger partial charge in [-0.1, -0.05) is 18.2 Å². The highest BCUT2D eigenvalue weighted by Crippen LogP contribution is 2.27. The van der Waals surface area contributed by atoms with Gasteiger partial charge in [-0.15, -0.1) is 0 Å². The Hall–Kier alpha value is -2.73. The average molecular weight is 363 g/mol. The van der Waals surface area contributed by atoms with E-state index in [9.17, 15) is 4.79 Å². The largest absolute Gasteiger partial charge is 0.342 e. The molecule has 0 atom stereocenters. The van der Waals surface area contributed by atoms with Gasteiger partial charge in [-0.05, 0) is 44.2 Å². The monoisotopic (exact) mass is 363 g/mol. The van der Waals surface area contributed by atoms with Crippen molar-refractivity contribution in [3.05, 3.63) is 60.2 Å². The SMILES string of the molecule is CN(CC(=O)N1CCC(c2nc3ccccc3[nH]2)CC1)Cc1ccccn1. The minimum absolute atomic E-state index is 0.191. The number of fused-ring (bicyclic) bond motifs is 1. The van der Waals surface area contributed by atoms with Crippen LogP contribution < -0.4 is 0 Å². The Bertz CT molecular complexity index is 866. The predicted molar refractivity (Wildman–Crippen MR) is 105 cm³/mol. The molecule has 0 saturated carbocycles. The molecule has 0 unspecified atom stereocenters. The lowest BCUT2D eigenvalue weighted by molar-refractivity contribution is -0.133. The van der Waals surface area contributed by atoms with Crippen LogP contribution >= 0.6 is 0 Å². The molecule has 1 aliphatic heterocycles. The number of likely N-dealkylation sites (tertiary alicyclic amines) is 1. The molecule has 1 amide bonds. The van der Waals surface area contributed by atoms with Crippen LogP contribution in [0.4, 0.5) is 0 Å². The number of aromatic amines is 1. The number of aromatic nitrogens is 3. The van der Waals surface area contributed by atoms with Gasteiger partial charge >= 0.3 is 0 Å². The minimum atomic E-state index is 0.191. The van der Waals surface area contributed by atoms with Crippen molar-refractivity contribution in [2.24, 2.45) is 0 Å². The predicted octanol–water partition coefficient (Wildman–Crippen LogP) is 2.80. The lowest BCUT2D eigenvalue weighted by Gasteiger charge is -2.32. The molecule has 1 saturated heterocycles. The normalized spacial score (nSPS) is 15.6. The number of hydrogen-bond donors (Lipinski definition) is 1. The number of imidazole rings is 1. The van der Waals surface area contributed by atoms with E-state index in [2.05, 4.69) is 16.0 Å². The second-order valence-electron chi connectivity index (χ2n) is 7.29. The maximum absolute atomic E-state index is 12.6. The zero-order valence-electron chi connectivity index (χ0n) is 15.6. The van der Waals surface area contributed by atoms with Gasteiger partial charge in [0.2, 0.25) is 5.91 Å². The zero-order valence-corrected chi connectivity index (χ0v) is 15.6. The lowest BCUT2D eigenvalue weighted by atomic mass is 9.96. The fraction of sp³-hybridized carbons (Fsp3) is 0.381. The van der Waals surface area contributed by atoms with Crippen LogP contribution in [0.15, 0.2) is 48.7 Å². The van der Waals surface area contributed by atoms with E-state index < -0.39 is 0 Å². The van der Waals surface area contributed by atoms with Crippen LogP contribution in [-0.4, -0.2) is 57.3 Å². The van der Waals surface area contributed by atoms with Gasteiger partial charge in [-0.3, -0.25) is 14.7 Å². The second-order valence-corrected chi connectivity index (χ2v) is 7.29. The Morgan fingerprint density at radius 1 is 1.19 bits per heavy atom. The van der Waals surface area contributed by atoms with Gasteiger partial charge in [0.15, 0.2) is 0 Å². The summed E-state index contributed by atoms with van der Waals surface area (Å²) in [5, 5.41) is 0. The number of hydrogen-bond acceptors (Lipinski definition) is 4. The summed E-state index contributed by atoms with van der Waals surface area (Å²) >= 11 is 0. The highest BCUT2D eigenvalue weighted by Gasteiger charge is 2.26. The Morgan fingerprint density at radius 3 is 2.70 bits per heavy atom. The third-order valence-corrected chi connectivity index (χ3v) is 5.21. The van der Waals surface area contributed by atoms with E-state index in [-0.39, 0.29) is 5.91 Å². The Labute approximate surface area is 159 Å². The summed E-state index contributed by atoms with van der Waals surface area (Å²) in [5.74, 6) is 1.64. The van der Waals surface area contributed by atoms with E-state index in [1.54, 1.807) is 6.20 Å². The molecular weight excluding hydrogens is 338 g/mol. The zero-order chi connectivity index (χ0) is 18.6. The maximum Gasteiger partial charge on any atom is 0.236 e. The summed E-state index contributed by atoms with van der Waals surface area (Å²) in [6.07, 6.45) is 3.69. The van der Waals surface area contributed by atoms with Gasteiger partial charge in [-0.2, -0.15) is 0 Å². The first-order valence-corrected chi connectivity index (χ1v) is 9.50. The van der Waals surface area contributed by atoms with Crippen LogP contribution in [0.1, 0.15) is 30.3 Å². The number of rotatable bonds is 5. The minimum Gasteiger partial charge on any atom is -0.342 e.